The first kappa shape index (κ1) is 25.6. The fourth-order valence-corrected chi connectivity index (χ4v) is 5.21. The van der Waals surface area contributed by atoms with Crippen molar-refractivity contribution in [3.05, 3.63) is 23.0 Å². The second kappa shape index (κ2) is 10.2. The topological polar surface area (TPSA) is 80.6 Å². The summed E-state index contributed by atoms with van der Waals surface area (Å²) in [6, 6.07) is 2.30. The summed E-state index contributed by atoms with van der Waals surface area (Å²) < 4.78 is 7.13. The van der Waals surface area contributed by atoms with E-state index in [0.29, 0.717) is 37.2 Å². The fraction of sp³-hybridized carbons (Fsp3) is 0.704. The Balaban J connectivity index is 1.74. The lowest BCUT2D eigenvalue weighted by Crippen LogP contribution is -2.44. The van der Waals surface area contributed by atoms with Crippen LogP contribution in [-0.2, 0) is 15.1 Å². The van der Waals surface area contributed by atoms with Crippen molar-refractivity contribution in [2.45, 2.75) is 91.1 Å². The molecule has 1 saturated heterocycles. The Morgan fingerprint density at radius 3 is 2.57 bits per heavy atom. The van der Waals surface area contributed by atoms with E-state index in [9.17, 15) is 9.59 Å². The summed E-state index contributed by atoms with van der Waals surface area (Å²) >= 11 is 0. The number of hydrogen-bond acceptors (Lipinski definition) is 6. The molecule has 0 bridgehead atoms. The minimum absolute atomic E-state index is 0.0388. The number of rotatable bonds is 9. The molecular weight excluding hydrogens is 442 g/mol. The zero-order valence-corrected chi connectivity index (χ0v) is 22.3. The lowest BCUT2D eigenvalue weighted by atomic mass is 10.0. The van der Waals surface area contributed by atoms with E-state index in [2.05, 4.69) is 32.6 Å². The smallest absolute Gasteiger partial charge is 0.307 e. The average molecular weight is 484 g/mol. The lowest BCUT2D eigenvalue weighted by Gasteiger charge is -2.30. The number of carbonyl (C=O) groups is 2. The molecule has 4 rings (SSSR count). The number of ether oxygens (including phenoxy) is 1. The molecule has 3 heterocycles. The van der Waals surface area contributed by atoms with Gasteiger partial charge in [0.05, 0.1) is 35.2 Å². The number of likely N-dealkylation sites (N-methyl/N-ethyl adjacent to an activating group) is 1. The fourth-order valence-electron chi connectivity index (χ4n) is 5.21. The molecule has 2 fully saturated rings. The summed E-state index contributed by atoms with van der Waals surface area (Å²) in [6.45, 7) is 15.6. The Labute approximate surface area is 209 Å². The lowest BCUT2D eigenvalue weighted by molar-refractivity contribution is -0.143. The van der Waals surface area contributed by atoms with Gasteiger partial charge in [-0.25, -0.2) is 9.67 Å². The van der Waals surface area contributed by atoms with Gasteiger partial charge >= 0.3 is 5.97 Å². The summed E-state index contributed by atoms with van der Waals surface area (Å²) in [5.41, 5.74) is 2.98. The third kappa shape index (κ3) is 5.52. The molecule has 1 unspecified atom stereocenters. The maximum absolute atomic E-state index is 14.2. The SMILES string of the molecule is CCOC(=O)CCN(CC1CCCN1CC)C(=O)c1cc(C2CC2)nc2c1c(C)nn2C(C)(C)C. The van der Waals surface area contributed by atoms with E-state index < -0.39 is 0 Å². The van der Waals surface area contributed by atoms with Gasteiger partial charge in [0, 0.05) is 30.7 Å². The van der Waals surface area contributed by atoms with E-state index >= 15 is 0 Å². The summed E-state index contributed by atoms with van der Waals surface area (Å²) in [4.78, 5) is 35.7. The molecule has 2 aromatic rings. The quantitative estimate of drug-likeness (QED) is 0.496. The Kier molecular flexibility index (Phi) is 7.50. The first-order chi connectivity index (χ1) is 16.6. The molecule has 8 nitrogen and oxygen atoms in total. The van der Waals surface area contributed by atoms with Crippen LogP contribution < -0.4 is 0 Å². The number of fused-ring (bicyclic) bond motifs is 1. The molecular formula is C27H41N5O3. The van der Waals surface area contributed by atoms with Crippen LogP contribution in [0.2, 0.25) is 0 Å². The molecule has 1 atom stereocenters. The number of amides is 1. The molecule has 1 aliphatic carbocycles. The summed E-state index contributed by atoms with van der Waals surface area (Å²) in [7, 11) is 0. The van der Waals surface area contributed by atoms with Crippen LogP contribution in [0.4, 0.5) is 0 Å². The van der Waals surface area contributed by atoms with Crippen molar-refractivity contribution in [2.75, 3.05) is 32.8 Å². The molecule has 0 radical (unpaired) electrons. The van der Waals surface area contributed by atoms with Crippen LogP contribution in [0, 0.1) is 6.92 Å². The molecule has 0 spiro atoms. The predicted octanol–water partition coefficient (Wildman–Crippen LogP) is 4.25. The van der Waals surface area contributed by atoms with Gasteiger partial charge in [-0.2, -0.15) is 5.10 Å². The zero-order valence-electron chi connectivity index (χ0n) is 22.3. The van der Waals surface area contributed by atoms with E-state index in [0.717, 1.165) is 61.2 Å². The van der Waals surface area contributed by atoms with Gasteiger partial charge in [0.2, 0.25) is 0 Å². The number of aryl methyl sites for hydroxylation is 1. The van der Waals surface area contributed by atoms with Crippen molar-refractivity contribution in [1.29, 1.82) is 0 Å². The summed E-state index contributed by atoms with van der Waals surface area (Å²) in [5.74, 6) is 0.107. The standard InChI is InChI=1S/C27H41N5O3/c1-7-30-14-9-10-20(30)17-31(15-13-23(33)35-8-2)26(34)21-16-22(19-11-12-19)28-25-24(21)18(3)29-32(25)27(4,5)6/h16,19-20H,7-15,17H2,1-6H3. The van der Waals surface area contributed by atoms with Crippen LogP contribution in [0.5, 0.6) is 0 Å². The first-order valence-electron chi connectivity index (χ1n) is 13.2. The second-order valence-electron chi connectivity index (χ2n) is 11.0. The average Bonchev–Trinajstić information content (AvgIpc) is 3.47. The number of aromatic nitrogens is 3. The highest BCUT2D eigenvalue weighted by Gasteiger charge is 2.33. The van der Waals surface area contributed by atoms with Crippen LogP contribution in [0.25, 0.3) is 11.0 Å². The largest absolute Gasteiger partial charge is 0.466 e. The third-order valence-corrected chi connectivity index (χ3v) is 7.21. The zero-order chi connectivity index (χ0) is 25.3. The second-order valence-corrected chi connectivity index (χ2v) is 11.0. The first-order valence-corrected chi connectivity index (χ1v) is 13.2. The van der Waals surface area contributed by atoms with Gasteiger partial charge in [-0.05, 0) is 79.5 Å². The maximum atomic E-state index is 14.2. The normalized spacial score (nSPS) is 18.9. The van der Waals surface area contributed by atoms with Crippen molar-refractivity contribution in [3.8, 4) is 0 Å². The molecule has 1 saturated carbocycles. The van der Waals surface area contributed by atoms with Gasteiger partial charge in [-0.1, -0.05) is 6.92 Å². The molecule has 35 heavy (non-hydrogen) atoms. The molecule has 2 aromatic heterocycles. The molecule has 1 aliphatic heterocycles. The molecule has 192 valence electrons. The van der Waals surface area contributed by atoms with Crippen molar-refractivity contribution < 1.29 is 14.3 Å². The van der Waals surface area contributed by atoms with E-state index in [1.165, 1.54) is 0 Å². The van der Waals surface area contributed by atoms with Crippen LogP contribution in [0.1, 0.15) is 94.4 Å². The number of pyridine rings is 1. The van der Waals surface area contributed by atoms with Crippen molar-refractivity contribution in [2.24, 2.45) is 0 Å². The minimum atomic E-state index is -0.264. The monoisotopic (exact) mass is 483 g/mol. The number of carbonyl (C=O) groups excluding carboxylic acids is 2. The van der Waals surface area contributed by atoms with Crippen LogP contribution >= 0.6 is 0 Å². The van der Waals surface area contributed by atoms with Gasteiger partial charge in [0.25, 0.3) is 5.91 Å². The number of nitrogens with zero attached hydrogens (tertiary/aromatic N) is 5. The third-order valence-electron chi connectivity index (χ3n) is 7.21. The van der Waals surface area contributed by atoms with Crippen molar-refractivity contribution in [1.82, 2.24) is 24.6 Å². The van der Waals surface area contributed by atoms with E-state index in [1.54, 1.807) is 6.92 Å². The van der Waals surface area contributed by atoms with Crippen LogP contribution in [0.15, 0.2) is 6.07 Å². The van der Waals surface area contributed by atoms with E-state index in [1.807, 2.05) is 22.6 Å². The Morgan fingerprint density at radius 1 is 1.20 bits per heavy atom. The molecule has 8 heteroatoms. The molecule has 0 aromatic carbocycles. The number of esters is 1. The van der Waals surface area contributed by atoms with Crippen molar-refractivity contribution in [3.63, 3.8) is 0 Å². The summed E-state index contributed by atoms with van der Waals surface area (Å²) in [6.07, 6.45) is 4.62. The highest BCUT2D eigenvalue weighted by molar-refractivity contribution is 6.06. The Morgan fingerprint density at radius 2 is 1.94 bits per heavy atom. The maximum Gasteiger partial charge on any atom is 0.307 e. The van der Waals surface area contributed by atoms with Gasteiger partial charge in [0.15, 0.2) is 5.65 Å². The van der Waals surface area contributed by atoms with Crippen LogP contribution in [-0.4, -0.2) is 75.3 Å². The van der Waals surface area contributed by atoms with Crippen LogP contribution in [0.3, 0.4) is 0 Å². The van der Waals surface area contributed by atoms with E-state index in [4.69, 9.17) is 14.8 Å². The van der Waals surface area contributed by atoms with Gasteiger partial charge < -0.3 is 9.64 Å². The predicted molar refractivity (Wildman–Crippen MR) is 137 cm³/mol. The van der Waals surface area contributed by atoms with Gasteiger partial charge in [-0.3, -0.25) is 14.5 Å². The Bertz CT molecular complexity index is 1080. The minimum Gasteiger partial charge on any atom is -0.466 e. The molecule has 2 aliphatic rings. The van der Waals surface area contributed by atoms with Gasteiger partial charge in [0.1, 0.15) is 0 Å². The number of likely N-dealkylation sites (tertiary alicyclic amines) is 1. The van der Waals surface area contributed by atoms with E-state index in [-0.39, 0.29) is 23.8 Å². The summed E-state index contributed by atoms with van der Waals surface area (Å²) in [5, 5.41) is 5.64. The van der Waals surface area contributed by atoms with Gasteiger partial charge in [-0.15, -0.1) is 0 Å². The Hall–Kier alpha value is -2.48. The molecule has 0 N–H and O–H groups in total. The van der Waals surface area contributed by atoms with Crippen molar-refractivity contribution >= 4 is 22.9 Å². The number of hydrogen-bond donors (Lipinski definition) is 0. The molecule has 1 amide bonds. The highest BCUT2D eigenvalue weighted by atomic mass is 16.5. The highest BCUT2D eigenvalue weighted by Crippen LogP contribution is 2.41.